The first kappa shape index (κ1) is 18.7. The van der Waals surface area contributed by atoms with Gasteiger partial charge in [-0.15, -0.1) is 0 Å². The van der Waals surface area contributed by atoms with Gasteiger partial charge in [0.05, 0.1) is 16.6 Å². The molecule has 4 heteroatoms. The van der Waals surface area contributed by atoms with Crippen molar-refractivity contribution in [1.29, 1.82) is 0 Å². The second-order valence-corrected chi connectivity index (χ2v) is 9.18. The number of aromatic nitrogens is 1. The minimum atomic E-state index is -0.0356. The number of aromatic amines is 1. The Morgan fingerprint density at radius 2 is 1.90 bits per heavy atom. The molecule has 1 aromatic heterocycles. The van der Waals surface area contributed by atoms with Gasteiger partial charge in [0.25, 0.3) is 5.91 Å². The van der Waals surface area contributed by atoms with E-state index in [0.717, 1.165) is 49.7 Å². The summed E-state index contributed by atoms with van der Waals surface area (Å²) in [4.78, 5) is 16.4. The van der Waals surface area contributed by atoms with E-state index in [4.69, 9.17) is 0 Å². The van der Waals surface area contributed by atoms with Crippen LogP contribution in [0.2, 0.25) is 0 Å². The van der Waals surface area contributed by atoms with Crippen LogP contribution in [-0.2, 0) is 4.79 Å². The second-order valence-electron chi connectivity index (χ2n) is 8.26. The van der Waals surface area contributed by atoms with Gasteiger partial charge in [-0.25, -0.2) is 0 Å². The Morgan fingerprint density at radius 3 is 2.76 bits per heavy atom. The molecule has 0 spiro atoms. The molecule has 0 saturated heterocycles. The highest BCUT2D eigenvalue weighted by Crippen LogP contribution is 2.32. The quantitative estimate of drug-likeness (QED) is 0.566. The number of para-hydroxylation sites is 1. The van der Waals surface area contributed by atoms with Crippen molar-refractivity contribution < 1.29 is 4.79 Å². The van der Waals surface area contributed by atoms with E-state index in [1.807, 2.05) is 24.3 Å². The highest BCUT2D eigenvalue weighted by atomic mass is 79.9. The summed E-state index contributed by atoms with van der Waals surface area (Å²) in [5, 5.41) is 6.32. The molecule has 0 bridgehead atoms. The van der Waals surface area contributed by atoms with Gasteiger partial charge >= 0.3 is 0 Å². The zero-order chi connectivity index (χ0) is 19.8. The molecule has 2 N–H and O–H groups in total. The van der Waals surface area contributed by atoms with Crippen molar-refractivity contribution in [2.75, 3.05) is 5.32 Å². The summed E-state index contributed by atoms with van der Waals surface area (Å²) in [7, 11) is 0. The fraction of sp³-hybridized carbons (Fsp3) is 0.320. The van der Waals surface area contributed by atoms with Gasteiger partial charge in [0.2, 0.25) is 0 Å². The summed E-state index contributed by atoms with van der Waals surface area (Å²) in [5.41, 5.74) is 3.66. The van der Waals surface area contributed by atoms with Crippen molar-refractivity contribution in [3.63, 3.8) is 0 Å². The summed E-state index contributed by atoms with van der Waals surface area (Å²) in [6.45, 7) is 0. The van der Waals surface area contributed by atoms with Crippen LogP contribution in [0, 0.1) is 5.92 Å². The number of anilines is 1. The van der Waals surface area contributed by atoms with Crippen LogP contribution in [0.4, 0.5) is 5.69 Å². The van der Waals surface area contributed by atoms with Crippen molar-refractivity contribution in [1.82, 2.24) is 4.98 Å². The van der Waals surface area contributed by atoms with E-state index in [9.17, 15) is 4.79 Å². The third-order valence-electron chi connectivity index (χ3n) is 6.37. The molecule has 2 heterocycles. The van der Waals surface area contributed by atoms with E-state index in [0.29, 0.717) is 0 Å². The number of benzene rings is 2. The Morgan fingerprint density at radius 1 is 1.07 bits per heavy atom. The molecule has 0 unspecified atom stereocenters. The van der Waals surface area contributed by atoms with Crippen LogP contribution < -0.4 is 15.9 Å². The lowest BCUT2D eigenvalue weighted by Crippen LogP contribution is -2.29. The SMILES string of the molecule is O=C1Nc2cc(Br)ccc2/C1=c1/[nH]c2ccccc2/c1=C/CCC1CCCCC1. The fourth-order valence-corrected chi connectivity index (χ4v) is 5.27. The number of carbonyl (C=O) groups excluding carboxylic acids is 1. The predicted molar refractivity (Wildman–Crippen MR) is 123 cm³/mol. The molecule has 2 aromatic carbocycles. The Kier molecular flexibility index (Phi) is 5.04. The number of carbonyl (C=O) groups is 1. The van der Waals surface area contributed by atoms with Crippen LogP contribution in [0.3, 0.4) is 0 Å². The zero-order valence-corrected chi connectivity index (χ0v) is 18.0. The molecule has 1 saturated carbocycles. The Bertz CT molecular complexity index is 1200. The first-order chi connectivity index (χ1) is 14.2. The van der Waals surface area contributed by atoms with E-state index in [1.54, 1.807) is 0 Å². The topological polar surface area (TPSA) is 44.9 Å². The van der Waals surface area contributed by atoms with Gasteiger partial charge in [-0.3, -0.25) is 4.79 Å². The fourth-order valence-electron chi connectivity index (χ4n) is 4.91. The summed E-state index contributed by atoms with van der Waals surface area (Å²) in [6, 6.07) is 14.3. The molecule has 0 atom stereocenters. The lowest BCUT2D eigenvalue weighted by molar-refractivity contribution is -0.110. The number of halogens is 1. The summed E-state index contributed by atoms with van der Waals surface area (Å²) in [5.74, 6) is 0.820. The van der Waals surface area contributed by atoms with Crippen molar-refractivity contribution in [3.05, 3.63) is 63.1 Å². The van der Waals surface area contributed by atoms with E-state index >= 15 is 0 Å². The van der Waals surface area contributed by atoms with E-state index in [1.165, 1.54) is 43.9 Å². The number of amides is 1. The molecule has 2 aliphatic rings. The van der Waals surface area contributed by atoms with Crippen LogP contribution in [0.1, 0.15) is 50.5 Å². The Balaban J connectivity index is 1.65. The molecule has 3 nitrogen and oxygen atoms in total. The number of rotatable bonds is 3. The number of nitrogens with one attached hydrogen (secondary N) is 2. The molecule has 148 valence electrons. The van der Waals surface area contributed by atoms with Crippen LogP contribution in [0.15, 0.2) is 46.9 Å². The van der Waals surface area contributed by atoms with Crippen LogP contribution in [-0.4, -0.2) is 10.9 Å². The highest BCUT2D eigenvalue weighted by Gasteiger charge is 2.26. The van der Waals surface area contributed by atoms with Crippen LogP contribution >= 0.6 is 15.9 Å². The maximum Gasteiger partial charge on any atom is 0.258 e. The first-order valence-corrected chi connectivity index (χ1v) is 11.4. The smallest absolute Gasteiger partial charge is 0.258 e. The van der Waals surface area contributed by atoms with Gasteiger partial charge in [0, 0.05) is 26.2 Å². The van der Waals surface area contributed by atoms with Gasteiger partial charge in [-0.1, -0.05) is 78.4 Å². The van der Waals surface area contributed by atoms with Crippen molar-refractivity contribution in [2.24, 2.45) is 5.92 Å². The predicted octanol–water partition coefficient (Wildman–Crippen LogP) is 5.22. The molecule has 3 aromatic rings. The second kappa shape index (κ2) is 7.83. The largest absolute Gasteiger partial charge is 0.354 e. The normalized spacial score (nSPS) is 19.6. The summed E-state index contributed by atoms with van der Waals surface area (Å²) < 4.78 is 0.966. The molecular weight excluding hydrogens is 424 g/mol. The molecule has 29 heavy (non-hydrogen) atoms. The van der Waals surface area contributed by atoms with Crippen molar-refractivity contribution >= 4 is 50.1 Å². The number of H-pyrrole nitrogens is 1. The minimum absolute atomic E-state index is 0.0356. The average Bonchev–Trinajstić information content (AvgIpc) is 3.25. The van der Waals surface area contributed by atoms with Gasteiger partial charge in [0.15, 0.2) is 0 Å². The van der Waals surface area contributed by atoms with Gasteiger partial charge in [-0.2, -0.15) is 0 Å². The maximum atomic E-state index is 12.9. The average molecular weight is 449 g/mol. The summed E-state index contributed by atoms with van der Waals surface area (Å²) in [6.07, 6.45) is 11.6. The lowest BCUT2D eigenvalue weighted by Gasteiger charge is -2.20. The van der Waals surface area contributed by atoms with Crippen molar-refractivity contribution in [3.8, 4) is 0 Å². The van der Waals surface area contributed by atoms with Crippen molar-refractivity contribution in [2.45, 2.75) is 44.9 Å². The number of hydrogen-bond acceptors (Lipinski definition) is 1. The Hall–Kier alpha value is -2.33. The van der Waals surface area contributed by atoms with Crippen LogP contribution in [0.5, 0.6) is 0 Å². The third kappa shape index (κ3) is 3.55. The molecular formula is C25H25BrN2O. The Labute approximate surface area is 179 Å². The monoisotopic (exact) mass is 448 g/mol. The van der Waals surface area contributed by atoms with Gasteiger partial charge in [0.1, 0.15) is 0 Å². The molecule has 0 radical (unpaired) electrons. The van der Waals surface area contributed by atoms with Crippen LogP contribution in [0.25, 0.3) is 22.6 Å². The third-order valence-corrected chi connectivity index (χ3v) is 6.86. The van der Waals surface area contributed by atoms with Gasteiger partial charge < -0.3 is 10.3 Å². The standard InChI is InChI=1S/C25H25BrN2O/c26-17-13-14-20-22(15-17)28-25(29)23(20)24-19(18-10-4-5-12-21(18)27-24)11-6-9-16-7-2-1-3-8-16/h4-5,10-16,27H,1-3,6-9H2,(H,28,29)/b19-11-,24-23-. The number of fused-ring (bicyclic) bond motifs is 2. The van der Waals surface area contributed by atoms with Gasteiger partial charge in [-0.05, 0) is 37.0 Å². The summed E-state index contributed by atoms with van der Waals surface area (Å²) >= 11 is 3.50. The lowest BCUT2D eigenvalue weighted by atomic mass is 9.86. The first-order valence-electron chi connectivity index (χ1n) is 10.6. The van der Waals surface area contributed by atoms with E-state index < -0.39 is 0 Å². The molecule has 1 fully saturated rings. The molecule has 1 amide bonds. The zero-order valence-electron chi connectivity index (χ0n) is 16.4. The molecule has 5 rings (SSSR count). The minimum Gasteiger partial charge on any atom is -0.354 e. The van der Waals surface area contributed by atoms with E-state index in [2.05, 4.69) is 50.5 Å². The molecule has 1 aliphatic heterocycles. The van der Waals surface area contributed by atoms with E-state index in [-0.39, 0.29) is 5.91 Å². The number of hydrogen-bond donors (Lipinski definition) is 2. The highest BCUT2D eigenvalue weighted by molar-refractivity contribution is 9.10. The maximum absolute atomic E-state index is 12.9. The molecule has 1 aliphatic carbocycles.